The van der Waals surface area contributed by atoms with Crippen LogP contribution in [0.15, 0.2) is 22.5 Å². The Kier molecular flexibility index (Phi) is 2.43. The second-order valence-electron chi connectivity index (χ2n) is 2.52. The summed E-state index contributed by atoms with van der Waals surface area (Å²) in [6.45, 7) is 0. The lowest BCUT2D eigenvalue weighted by atomic mass is 10.3. The summed E-state index contributed by atoms with van der Waals surface area (Å²) >= 11 is 6.85. The molecular weight excluding hydrogens is 265 g/mol. The lowest BCUT2D eigenvalue weighted by Crippen LogP contribution is -1.83. The van der Waals surface area contributed by atoms with Crippen molar-refractivity contribution >= 4 is 52.8 Å². The third kappa shape index (κ3) is 1.72. The number of thiophene rings is 1. The van der Waals surface area contributed by atoms with Crippen LogP contribution in [-0.4, -0.2) is 13.4 Å². The molecule has 0 amide bonds. The van der Waals surface area contributed by atoms with Gasteiger partial charge in [0.05, 0.1) is 0 Å². The Bertz CT molecular complexity index is 591. The van der Waals surface area contributed by atoms with Crippen LogP contribution in [0.25, 0.3) is 10.1 Å². The number of hydrogen-bond acceptors (Lipinski definition) is 4. The van der Waals surface area contributed by atoms with Crippen LogP contribution < -0.4 is 0 Å². The largest absolute Gasteiger partial charge is 0.270 e. The van der Waals surface area contributed by atoms with Gasteiger partial charge in [-0.2, -0.15) is 0 Å². The van der Waals surface area contributed by atoms with Gasteiger partial charge in [0.15, 0.2) is 0 Å². The monoisotopic (exact) mass is 267 g/mol. The van der Waals surface area contributed by atoms with E-state index in [2.05, 4.69) is 4.98 Å². The van der Waals surface area contributed by atoms with Gasteiger partial charge in [0.25, 0.3) is 9.05 Å². The lowest BCUT2D eigenvalue weighted by Gasteiger charge is -1.88. The van der Waals surface area contributed by atoms with E-state index in [4.69, 9.17) is 22.3 Å². The van der Waals surface area contributed by atoms with E-state index in [9.17, 15) is 8.42 Å². The maximum absolute atomic E-state index is 11.0. The van der Waals surface area contributed by atoms with Crippen molar-refractivity contribution < 1.29 is 8.42 Å². The van der Waals surface area contributed by atoms with Crippen molar-refractivity contribution in [2.45, 2.75) is 4.21 Å². The van der Waals surface area contributed by atoms with Gasteiger partial charge in [-0.3, -0.25) is 0 Å². The fourth-order valence-electron chi connectivity index (χ4n) is 1.03. The number of hydrogen-bond donors (Lipinski definition) is 0. The van der Waals surface area contributed by atoms with Crippen molar-refractivity contribution in [3.8, 4) is 0 Å². The average molecular weight is 268 g/mol. The van der Waals surface area contributed by atoms with E-state index >= 15 is 0 Å². The van der Waals surface area contributed by atoms with Gasteiger partial charge in [0, 0.05) is 27.0 Å². The van der Waals surface area contributed by atoms with Crippen molar-refractivity contribution in [3.63, 3.8) is 0 Å². The van der Waals surface area contributed by atoms with Gasteiger partial charge in [-0.05, 0) is 12.1 Å². The van der Waals surface area contributed by atoms with Crippen LogP contribution in [0.3, 0.4) is 0 Å². The molecule has 0 bridgehead atoms. The summed E-state index contributed by atoms with van der Waals surface area (Å²) in [4.78, 5) is 3.84. The molecule has 0 aliphatic rings. The molecule has 0 N–H and O–H groups in total. The molecule has 2 aromatic heterocycles. The summed E-state index contributed by atoms with van der Waals surface area (Å²) in [5, 5.41) is 0.892. The second-order valence-corrected chi connectivity index (χ2v) is 6.75. The number of halogens is 2. The van der Waals surface area contributed by atoms with Crippen LogP contribution in [-0.2, 0) is 9.05 Å². The Morgan fingerprint density at radius 3 is 2.71 bits per heavy atom. The summed E-state index contributed by atoms with van der Waals surface area (Å²) in [6, 6.07) is 3.12. The smallest absolute Gasteiger partial charge is 0.244 e. The van der Waals surface area contributed by atoms with Gasteiger partial charge in [-0.25, -0.2) is 13.4 Å². The zero-order valence-corrected chi connectivity index (χ0v) is 9.71. The van der Waals surface area contributed by atoms with E-state index in [1.54, 1.807) is 6.07 Å². The van der Waals surface area contributed by atoms with Crippen LogP contribution >= 0.6 is 33.6 Å². The molecule has 2 heterocycles. The number of rotatable bonds is 1. The first-order valence-electron chi connectivity index (χ1n) is 3.47. The molecule has 0 aliphatic heterocycles. The molecule has 0 aromatic carbocycles. The summed E-state index contributed by atoms with van der Waals surface area (Å²) in [5.41, 5.74) is 0. The first kappa shape index (κ1) is 10.2. The molecule has 0 spiro atoms. The van der Waals surface area contributed by atoms with E-state index < -0.39 is 9.05 Å². The van der Waals surface area contributed by atoms with Gasteiger partial charge in [-0.1, -0.05) is 11.6 Å². The fourth-order valence-corrected chi connectivity index (χ4v) is 3.43. The molecule has 0 atom stereocenters. The Morgan fingerprint density at radius 1 is 1.43 bits per heavy atom. The van der Waals surface area contributed by atoms with Gasteiger partial charge in [-0.15, -0.1) is 11.3 Å². The minimum Gasteiger partial charge on any atom is -0.244 e. The molecular formula is C7H3Cl2NO2S2. The van der Waals surface area contributed by atoms with E-state index in [-0.39, 0.29) is 9.36 Å². The highest BCUT2D eigenvalue weighted by atomic mass is 35.7. The topological polar surface area (TPSA) is 47.0 Å². The first-order valence-corrected chi connectivity index (χ1v) is 6.97. The summed E-state index contributed by atoms with van der Waals surface area (Å²) in [7, 11) is 1.52. The molecule has 14 heavy (non-hydrogen) atoms. The molecule has 0 radical (unpaired) electrons. The summed E-state index contributed by atoms with van der Waals surface area (Å²) in [6.07, 6.45) is 1.52. The zero-order valence-electron chi connectivity index (χ0n) is 6.57. The molecule has 0 saturated heterocycles. The predicted molar refractivity (Wildman–Crippen MR) is 57.7 cm³/mol. The Balaban J connectivity index is 2.81. The van der Waals surface area contributed by atoms with Gasteiger partial charge in [0.2, 0.25) is 0 Å². The minimum atomic E-state index is -3.68. The van der Waals surface area contributed by atoms with Crippen LogP contribution in [0.4, 0.5) is 0 Å². The third-order valence-electron chi connectivity index (χ3n) is 1.61. The minimum absolute atomic E-state index is 0.0871. The van der Waals surface area contributed by atoms with Gasteiger partial charge in [0.1, 0.15) is 9.36 Å². The quantitative estimate of drug-likeness (QED) is 0.590. The first-order chi connectivity index (χ1) is 6.48. The molecule has 0 saturated carbocycles. The predicted octanol–water partition coefficient (Wildman–Crippen LogP) is 2.88. The highest BCUT2D eigenvalue weighted by Crippen LogP contribution is 2.33. The second kappa shape index (κ2) is 3.34. The lowest BCUT2D eigenvalue weighted by molar-refractivity contribution is 0.611. The van der Waals surface area contributed by atoms with Crippen molar-refractivity contribution in [2.24, 2.45) is 0 Å². The van der Waals surface area contributed by atoms with Crippen LogP contribution in [0.1, 0.15) is 0 Å². The Labute approximate surface area is 93.7 Å². The van der Waals surface area contributed by atoms with Gasteiger partial charge >= 0.3 is 0 Å². The maximum Gasteiger partial charge on any atom is 0.270 e. The van der Waals surface area contributed by atoms with Crippen molar-refractivity contribution in [3.05, 3.63) is 23.5 Å². The number of aromatic nitrogens is 1. The molecule has 0 aliphatic carbocycles. The molecule has 2 aromatic rings. The Morgan fingerprint density at radius 2 is 2.14 bits per heavy atom. The molecule has 0 fully saturated rings. The number of nitrogens with zero attached hydrogens (tertiary/aromatic N) is 1. The normalized spacial score (nSPS) is 12.1. The summed E-state index contributed by atoms with van der Waals surface area (Å²) in [5.74, 6) is 0. The van der Waals surface area contributed by atoms with Crippen LogP contribution in [0.5, 0.6) is 0 Å². The van der Waals surface area contributed by atoms with Crippen molar-refractivity contribution in [2.75, 3.05) is 0 Å². The zero-order chi connectivity index (χ0) is 10.3. The average Bonchev–Trinajstić information content (AvgIpc) is 2.48. The SMILES string of the molecule is O=S(=O)(Cl)c1cc2c(Cl)nccc2s1. The number of fused-ring (bicyclic) bond motifs is 1. The van der Waals surface area contributed by atoms with Crippen LogP contribution in [0.2, 0.25) is 5.15 Å². The highest BCUT2D eigenvalue weighted by Gasteiger charge is 2.15. The number of pyridine rings is 1. The van der Waals surface area contributed by atoms with Crippen molar-refractivity contribution in [1.82, 2.24) is 4.98 Å². The highest BCUT2D eigenvalue weighted by molar-refractivity contribution is 8.15. The van der Waals surface area contributed by atoms with E-state index in [1.165, 1.54) is 12.3 Å². The van der Waals surface area contributed by atoms with Gasteiger partial charge < -0.3 is 0 Å². The van der Waals surface area contributed by atoms with Crippen molar-refractivity contribution in [1.29, 1.82) is 0 Å². The molecule has 7 heteroatoms. The third-order valence-corrected chi connectivity index (χ3v) is 5.09. The van der Waals surface area contributed by atoms with E-state index in [0.717, 1.165) is 16.0 Å². The van der Waals surface area contributed by atoms with E-state index in [1.807, 2.05) is 0 Å². The van der Waals surface area contributed by atoms with E-state index in [0.29, 0.717) is 5.39 Å². The molecule has 2 rings (SSSR count). The molecule has 0 unspecified atom stereocenters. The Hall–Kier alpha value is -0.360. The van der Waals surface area contributed by atoms with Crippen LogP contribution in [0, 0.1) is 0 Å². The fraction of sp³-hybridized carbons (Fsp3) is 0. The molecule has 74 valence electrons. The molecule has 3 nitrogen and oxygen atoms in total. The maximum atomic E-state index is 11.0. The standard InChI is InChI=1S/C7H3Cl2NO2S2/c8-7-4-3-6(14(9,11)12)13-5(4)1-2-10-7/h1-3H. The summed E-state index contributed by atoms with van der Waals surface area (Å²) < 4.78 is 22.9.